The van der Waals surface area contributed by atoms with Gasteiger partial charge in [-0.2, -0.15) is 8.42 Å². The second-order valence-corrected chi connectivity index (χ2v) is 9.96. The van der Waals surface area contributed by atoms with Crippen LogP contribution in [0.15, 0.2) is 89.8 Å². The highest BCUT2D eigenvalue weighted by Gasteiger charge is 2.24. The number of hydrogen-bond donors (Lipinski definition) is 1. The summed E-state index contributed by atoms with van der Waals surface area (Å²) in [5.74, 6) is 1.72. The number of hydrogen-bond acceptors (Lipinski definition) is 8. The van der Waals surface area contributed by atoms with Crippen molar-refractivity contribution < 1.29 is 41.4 Å². The van der Waals surface area contributed by atoms with E-state index in [1.165, 1.54) is 14.2 Å². The standard InChI is InChI=1S/C30H30O9S/c1-34-18-37-25-10-4-21(5-11-25)24-16-28(22-6-12-26(13-7-22)38-19-35-2)30(40(31,32)33)29(17-24)23-8-14-27(15-9-23)39-20-36-3/h4-17H,18-20H2,1-3H3,(H,31,32,33). The van der Waals surface area contributed by atoms with Gasteiger partial charge in [0.25, 0.3) is 10.1 Å². The normalized spacial score (nSPS) is 11.3. The van der Waals surface area contributed by atoms with Crippen molar-refractivity contribution in [2.75, 3.05) is 41.7 Å². The lowest BCUT2D eigenvalue weighted by molar-refractivity contribution is 0.0510. The molecule has 0 saturated carbocycles. The minimum absolute atomic E-state index is 0.0728. The van der Waals surface area contributed by atoms with Gasteiger partial charge in [-0.1, -0.05) is 36.4 Å². The van der Waals surface area contributed by atoms with Crippen molar-refractivity contribution in [1.82, 2.24) is 0 Å². The summed E-state index contributed by atoms with van der Waals surface area (Å²) in [7, 11) is -0.0788. The molecule has 0 aliphatic carbocycles. The Labute approximate surface area is 233 Å². The first kappa shape index (κ1) is 29.1. The van der Waals surface area contributed by atoms with Crippen LogP contribution in [0.25, 0.3) is 33.4 Å². The summed E-state index contributed by atoms with van der Waals surface area (Å²) < 4.78 is 67.5. The SMILES string of the molecule is COCOc1ccc(-c2cc(-c3ccc(OCOC)cc3)c(S(=O)(=O)O)c(-c3ccc(OCOC)cc3)c2)cc1. The molecule has 4 aromatic carbocycles. The molecule has 4 rings (SSSR count). The van der Waals surface area contributed by atoms with E-state index < -0.39 is 10.1 Å². The zero-order chi connectivity index (χ0) is 28.5. The number of rotatable bonds is 13. The van der Waals surface area contributed by atoms with Crippen LogP contribution in [0, 0.1) is 0 Å². The maximum atomic E-state index is 12.9. The topological polar surface area (TPSA) is 110 Å². The van der Waals surface area contributed by atoms with Gasteiger partial charge in [0, 0.05) is 32.5 Å². The molecule has 0 aliphatic rings. The van der Waals surface area contributed by atoms with Crippen molar-refractivity contribution >= 4 is 10.1 Å². The molecule has 0 spiro atoms. The highest BCUT2D eigenvalue weighted by Crippen LogP contribution is 2.41. The minimum Gasteiger partial charge on any atom is -0.468 e. The highest BCUT2D eigenvalue weighted by atomic mass is 32.2. The molecule has 0 saturated heterocycles. The Morgan fingerprint density at radius 2 is 0.850 bits per heavy atom. The van der Waals surface area contributed by atoms with Crippen molar-refractivity contribution in [3.05, 3.63) is 84.9 Å². The Balaban J connectivity index is 1.89. The van der Waals surface area contributed by atoms with E-state index in [0.29, 0.717) is 39.5 Å². The summed E-state index contributed by atoms with van der Waals surface area (Å²) in [4.78, 5) is -0.215. The average molecular weight is 567 g/mol. The summed E-state index contributed by atoms with van der Waals surface area (Å²) >= 11 is 0. The molecule has 0 aliphatic heterocycles. The molecule has 9 nitrogen and oxygen atoms in total. The van der Waals surface area contributed by atoms with Gasteiger partial charge in [-0.3, -0.25) is 4.55 Å². The van der Waals surface area contributed by atoms with Gasteiger partial charge in [0.2, 0.25) is 0 Å². The Kier molecular flexibility index (Phi) is 9.75. The fourth-order valence-corrected chi connectivity index (χ4v) is 5.00. The second kappa shape index (κ2) is 13.4. The number of methoxy groups -OCH3 is 3. The van der Waals surface area contributed by atoms with Gasteiger partial charge in [-0.25, -0.2) is 0 Å². The largest absolute Gasteiger partial charge is 0.468 e. The molecule has 0 radical (unpaired) electrons. The second-order valence-electron chi connectivity index (χ2n) is 8.60. The molecule has 0 amide bonds. The average Bonchev–Trinajstić information content (AvgIpc) is 2.97. The molecule has 10 heteroatoms. The molecule has 40 heavy (non-hydrogen) atoms. The van der Waals surface area contributed by atoms with Crippen LogP contribution < -0.4 is 14.2 Å². The predicted molar refractivity (Wildman–Crippen MR) is 150 cm³/mol. The number of ether oxygens (including phenoxy) is 6. The van der Waals surface area contributed by atoms with Crippen LogP contribution in [0.3, 0.4) is 0 Å². The van der Waals surface area contributed by atoms with E-state index in [9.17, 15) is 13.0 Å². The molecule has 1 N–H and O–H groups in total. The lowest BCUT2D eigenvalue weighted by Gasteiger charge is -2.17. The van der Waals surface area contributed by atoms with E-state index in [0.717, 1.165) is 11.1 Å². The maximum Gasteiger partial charge on any atom is 0.295 e. The van der Waals surface area contributed by atoms with Gasteiger partial charge >= 0.3 is 0 Å². The first-order valence-electron chi connectivity index (χ1n) is 12.2. The smallest absolute Gasteiger partial charge is 0.295 e. The van der Waals surface area contributed by atoms with Crippen LogP contribution in [0.1, 0.15) is 0 Å². The third kappa shape index (κ3) is 7.17. The van der Waals surface area contributed by atoms with E-state index in [1.54, 1.807) is 79.9 Å². The molecule has 4 aromatic rings. The van der Waals surface area contributed by atoms with Crippen LogP contribution in [0.2, 0.25) is 0 Å². The summed E-state index contributed by atoms with van der Waals surface area (Å²) in [5, 5.41) is 0. The zero-order valence-corrected chi connectivity index (χ0v) is 23.1. The minimum atomic E-state index is -4.66. The summed E-state index contributed by atoms with van der Waals surface area (Å²) in [6.45, 7) is 0.262. The summed E-state index contributed by atoms with van der Waals surface area (Å²) in [6, 6.07) is 24.5. The van der Waals surface area contributed by atoms with Crippen molar-refractivity contribution in [3.8, 4) is 50.6 Å². The fraction of sp³-hybridized carbons (Fsp3) is 0.200. The Bertz CT molecular complexity index is 1430. The molecule has 0 aromatic heterocycles. The van der Waals surface area contributed by atoms with E-state index in [-0.39, 0.29) is 25.3 Å². The maximum absolute atomic E-state index is 12.9. The van der Waals surface area contributed by atoms with Gasteiger partial charge in [0.15, 0.2) is 20.4 Å². The third-order valence-corrected chi connectivity index (χ3v) is 6.85. The predicted octanol–water partition coefficient (Wildman–Crippen LogP) is 5.88. The van der Waals surface area contributed by atoms with Gasteiger partial charge < -0.3 is 28.4 Å². The van der Waals surface area contributed by atoms with Crippen molar-refractivity contribution in [2.45, 2.75) is 4.90 Å². The molecular formula is C30H30O9S. The molecule has 210 valence electrons. The molecule has 0 fully saturated rings. The molecule has 0 bridgehead atoms. The quantitative estimate of drug-likeness (QED) is 0.157. The van der Waals surface area contributed by atoms with E-state index in [2.05, 4.69) is 0 Å². The molecule has 0 unspecified atom stereocenters. The lowest BCUT2D eigenvalue weighted by atomic mass is 9.93. The third-order valence-electron chi connectivity index (χ3n) is 5.90. The monoisotopic (exact) mass is 566 g/mol. The van der Waals surface area contributed by atoms with E-state index in [1.807, 2.05) is 12.1 Å². The number of benzene rings is 4. The van der Waals surface area contributed by atoms with Crippen LogP contribution in [-0.4, -0.2) is 54.7 Å². The van der Waals surface area contributed by atoms with Crippen LogP contribution in [0.4, 0.5) is 0 Å². The van der Waals surface area contributed by atoms with Crippen molar-refractivity contribution in [1.29, 1.82) is 0 Å². The first-order valence-corrected chi connectivity index (χ1v) is 13.6. The Hall–Kier alpha value is -3.93. The van der Waals surface area contributed by atoms with Gasteiger partial charge in [-0.05, 0) is 70.8 Å². The van der Waals surface area contributed by atoms with Crippen LogP contribution >= 0.6 is 0 Å². The lowest BCUT2D eigenvalue weighted by Crippen LogP contribution is -2.05. The fourth-order valence-electron chi connectivity index (χ4n) is 4.09. The summed E-state index contributed by atoms with van der Waals surface area (Å²) in [6.07, 6.45) is 0. The highest BCUT2D eigenvalue weighted by molar-refractivity contribution is 7.86. The molecule has 0 atom stereocenters. The molecular weight excluding hydrogens is 536 g/mol. The van der Waals surface area contributed by atoms with Crippen molar-refractivity contribution in [2.24, 2.45) is 0 Å². The van der Waals surface area contributed by atoms with Gasteiger partial charge in [0.1, 0.15) is 22.1 Å². The summed E-state index contributed by atoms with van der Waals surface area (Å²) in [5.41, 5.74) is 3.34. The van der Waals surface area contributed by atoms with Gasteiger partial charge in [0.05, 0.1) is 0 Å². The molecule has 0 heterocycles. The van der Waals surface area contributed by atoms with Crippen LogP contribution in [0.5, 0.6) is 17.2 Å². The Morgan fingerprint density at radius 3 is 1.15 bits per heavy atom. The zero-order valence-electron chi connectivity index (χ0n) is 22.3. The van der Waals surface area contributed by atoms with Crippen LogP contribution in [-0.2, 0) is 24.3 Å². The van der Waals surface area contributed by atoms with Gasteiger partial charge in [-0.15, -0.1) is 0 Å². The van der Waals surface area contributed by atoms with E-state index in [4.69, 9.17) is 28.4 Å². The van der Waals surface area contributed by atoms with E-state index >= 15 is 0 Å². The Morgan fingerprint density at radius 1 is 0.525 bits per heavy atom. The first-order chi connectivity index (χ1) is 19.3. The van der Waals surface area contributed by atoms with Crippen molar-refractivity contribution in [3.63, 3.8) is 0 Å².